The smallest absolute Gasteiger partial charge is 0.254 e. The fourth-order valence-electron chi connectivity index (χ4n) is 2.27. The average molecular weight is 314 g/mol. The summed E-state index contributed by atoms with van der Waals surface area (Å²) in [6, 6.07) is 3.20. The van der Waals surface area contributed by atoms with E-state index in [0.717, 1.165) is 0 Å². The molecule has 1 aliphatic heterocycles. The number of hydrogen-bond donors (Lipinski definition) is 2. The molecule has 2 N–H and O–H groups in total. The van der Waals surface area contributed by atoms with Gasteiger partial charge in [-0.1, -0.05) is 11.6 Å². The highest BCUT2D eigenvalue weighted by atomic mass is 35.5. The monoisotopic (exact) mass is 313 g/mol. The number of morpholine rings is 1. The minimum atomic E-state index is -0.337. The first-order valence-electron chi connectivity index (χ1n) is 7.00. The van der Waals surface area contributed by atoms with Crippen molar-refractivity contribution in [2.75, 3.05) is 31.6 Å². The molecule has 0 saturated carbocycles. The SMILES string of the molecule is CCNc1cc(C(=O)N2CC(CO)OCC2C)cc(Cl)n1. The second-order valence-electron chi connectivity index (χ2n) is 5.04. The van der Waals surface area contributed by atoms with Crippen LogP contribution < -0.4 is 5.32 Å². The summed E-state index contributed by atoms with van der Waals surface area (Å²) in [7, 11) is 0. The van der Waals surface area contributed by atoms with Gasteiger partial charge in [-0.3, -0.25) is 4.79 Å². The predicted molar refractivity (Wildman–Crippen MR) is 80.7 cm³/mol. The molecule has 2 heterocycles. The van der Waals surface area contributed by atoms with Gasteiger partial charge < -0.3 is 20.1 Å². The van der Waals surface area contributed by atoms with Crippen LogP contribution in [0.5, 0.6) is 0 Å². The highest BCUT2D eigenvalue weighted by molar-refractivity contribution is 6.29. The minimum absolute atomic E-state index is 0.0465. The number of nitrogens with zero attached hydrogens (tertiary/aromatic N) is 2. The first kappa shape index (κ1) is 16.0. The molecular weight excluding hydrogens is 294 g/mol. The highest BCUT2D eigenvalue weighted by Gasteiger charge is 2.30. The largest absolute Gasteiger partial charge is 0.394 e. The van der Waals surface area contributed by atoms with Gasteiger partial charge in [0.25, 0.3) is 5.91 Å². The molecule has 116 valence electrons. The summed E-state index contributed by atoms with van der Waals surface area (Å²) in [6.07, 6.45) is -0.337. The Labute approximate surface area is 129 Å². The molecule has 0 radical (unpaired) electrons. The lowest BCUT2D eigenvalue weighted by Crippen LogP contribution is -2.52. The van der Waals surface area contributed by atoms with Crippen LogP contribution in [0.15, 0.2) is 12.1 Å². The van der Waals surface area contributed by atoms with Gasteiger partial charge in [-0.2, -0.15) is 0 Å². The Morgan fingerprint density at radius 2 is 2.38 bits per heavy atom. The van der Waals surface area contributed by atoms with E-state index in [1.54, 1.807) is 17.0 Å². The van der Waals surface area contributed by atoms with Gasteiger partial charge in [-0.15, -0.1) is 0 Å². The van der Waals surface area contributed by atoms with E-state index in [4.69, 9.17) is 16.3 Å². The number of carbonyl (C=O) groups excluding carboxylic acids is 1. The second-order valence-corrected chi connectivity index (χ2v) is 5.43. The van der Waals surface area contributed by atoms with Gasteiger partial charge in [0, 0.05) is 18.7 Å². The summed E-state index contributed by atoms with van der Waals surface area (Å²) in [4.78, 5) is 18.5. The number of pyridine rings is 1. The summed E-state index contributed by atoms with van der Waals surface area (Å²) in [5, 5.41) is 12.5. The third-order valence-electron chi connectivity index (χ3n) is 3.37. The molecule has 1 fully saturated rings. The Morgan fingerprint density at radius 1 is 1.62 bits per heavy atom. The van der Waals surface area contributed by atoms with Crippen molar-refractivity contribution in [1.82, 2.24) is 9.88 Å². The fourth-order valence-corrected chi connectivity index (χ4v) is 2.48. The van der Waals surface area contributed by atoms with Crippen molar-refractivity contribution in [3.8, 4) is 0 Å². The van der Waals surface area contributed by atoms with Crippen LogP contribution in [0.1, 0.15) is 24.2 Å². The maximum Gasteiger partial charge on any atom is 0.254 e. The molecule has 0 aromatic carbocycles. The maximum absolute atomic E-state index is 12.7. The lowest BCUT2D eigenvalue weighted by atomic mass is 10.1. The third kappa shape index (κ3) is 3.84. The zero-order valence-electron chi connectivity index (χ0n) is 12.2. The summed E-state index contributed by atoms with van der Waals surface area (Å²) >= 11 is 5.97. The van der Waals surface area contributed by atoms with Crippen LogP contribution >= 0.6 is 11.6 Å². The van der Waals surface area contributed by atoms with Crippen molar-refractivity contribution in [2.45, 2.75) is 26.0 Å². The number of hydrogen-bond acceptors (Lipinski definition) is 5. The summed E-state index contributed by atoms with van der Waals surface area (Å²) < 4.78 is 5.45. The van der Waals surface area contributed by atoms with E-state index in [2.05, 4.69) is 10.3 Å². The topological polar surface area (TPSA) is 74.7 Å². The van der Waals surface area contributed by atoms with Gasteiger partial charge in [-0.05, 0) is 26.0 Å². The van der Waals surface area contributed by atoms with Gasteiger partial charge in [0.1, 0.15) is 11.0 Å². The second kappa shape index (κ2) is 7.06. The van der Waals surface area contributed by atoms with Crippen molar-refractivity contribution in [3.63, 3.8) is 0 Å². The lowest BCUT2D eigenvalue weighted by molar-refractivity contribution is -0.0667. The van der Waals surface area contributed by atoms with E-state index >= 15 is 0 Å². The van der Waals surface area contributed by atoms with E-state index in [1.165, 1.54) is 0 Å². The zero-order chi connectivity index (χ0) is 15.4. The molecule has 1 saturated heterocycles. The Morgan fingerprint density at radius 3 is 3.05 bits per heavy atom. The van der Waals surface area contributed by atoms with Gasteiger partial charge in [0.15, 0.2) is 0 Å². The molecule has 0 bridgehead atoms. The normalized spacial score (nSPS) is 22.2. The van der Waals surface area contributed by atoms with Crippen LogP contribution in [-0.2, 0) is 4.74 Å². The highest BCUT2D eigenvalue weighted by Crippen LogP contribution is 2.20. The van der Waals surface area contributed by atoms with Crippen LogP contribution in [0.3, 0.4) is 0 Å². The Balaban J connectivity index is 2.21. The van der Waals surface area contributed by atoms with Gasteiger partial charge in [0.05, 0.1) is 25.4 Å². The van der Waals surface area contributed by atoms with E-state index in [9.17, 15) is 9.90 Å². The number of aliphatic hydroxyl groups excluding tert-OH is 1. The molecule has 2 unspecified atom stereocenters. The van der Waals surface area contributed by atoms with Crippen molar-refractivity contribution >= 4 is 23.3 Å². The molecule has 2 rings (SSSR count). The quantitative estimate of drug-likeness (QED) is 0.822. The van der Waals surface area contributed by atoms with Gasteiger partial charge in [-0.25, -0.2) is 4.98 Å². The molecule has 0 aliphatic carbocycles. The summed E-state index contributed by atoms with van der Waals surface area (Å²) in [5.41, 5.74) is 0.483. The fraction of sp³-hybridized carbons (Fsp3) is 0.571. The van der Waals surface area contributed by atoms with Crippen molar-refractivity contribution in [1.29, 1.82) is 0 Å². The number of aliphatic hydroxyl groups is 1. The van der Waals surface area contributed by atoms with Crippen LogP contribution in [0, 0.1) is 0 Å². The van der Waals surface area contributed by atoms with E-state index in [1.807, 2.05) is 13.8 Å². The molecule has 21 heavy (non-hydrogen) atoms. The summed E-state index contributed by atoms with van der Waals surface area (Å²) in [6.45, 7) is 5.24. The third-order valence-corrected chi connectivity index (χ3v) is 3.56. The Bertz CT molecular complexity index is 512. The Kier molecular flexibility index (Phi) is 5.39. The number of nitrogens with one attached hydrogen (secondary N) is 1. The maximum atomic E-state index is 12.7. The van der Waals surface area contributed by atoms with Crippen molar-refractivity contribution in [2.24, 2.45) is 0 Å². The van der Waals surface area contributed by atoms with Crippen LogP contribution in [0.25, 0.3) is 0 Å². The predicted octanol–water partition coefficient (Wildman–Crippen LogP) is 1.39. The van der Waals surface area contributed by atoms with E-state index in [-0.39, 0.29) is 29.8 Å². The lowest BCUT2D eigenvalue weighted by Gasteiger charge is -2.37. The van der Waals surface area contributed by atoms with Crippen molar-refractivity contribution in [3.05, 3.63) is 22.8 Å². The molecule has 1 amide bonds. The zero-order valence-corrected chi connectivity index (χ0v) is 12.9. The van der Waals surface area contributed by atoms with E-state index in [0.29, 0.717) is 31.1 Å². The molecule has 1 aliphatic rings. The first-order valence-corrected chi connectivity index (χ1v) is 7.37. The van der Waals surface area contributed by atoms with Gasteiger partial charge >= 0.3 is 0 Å². The summed E-state index contributed by atoms with van der Waals surface area (Å²) in [5.74, 6) is 0.445. The van der Waals surface area contributed by atoms with Crippen LogP contribution in [0.2, 0.25) is 5.15 Å². The molecule has 1 aromatic heterocycles. The molecule has 6 nitrogen and oxygen atoms in total. The number of aromatic nitrogens is 1. The first-order chi connectivity index (χ1) is 10.0. The molecular formula is C14H20ClN3O3. The average Bonchev–Trinajstić information content (AvgIpc) is 2.47. The van der Waals surface area contributed by atoms with Crippen molar-refractivity contribution < 1.29 is 14.6 Å². The Hall–Kier alpha value is -1.37. The number of halogens is 1. The molecule has 0 spiro atoms. The van der Waals surface area contributed by atoms with Crippen LogP contribution in [-0.4, -0.2) is 59.3 Å². The molecule has 7 heteroatoms. The number of rotatable bonds is 4. The molecule has 1 aromatic rings. The standard InChI is InChI=1S/C14H20ClN3O3/c1-3-16-13-5-10(4-12(15)17-13)14(20)18-6-11(7-19)21-8-9(18)2/h4-5,9,11,19H,3,6-8H2,1-2H3,(H,16,17). The van der Waals surface area contributed by atoms with Crippen LogP contribution in [0.4, 0.5) is 5.82 Å². The number of amides is 1. The minimum Gasteiger partial charge on any atom is -0.394 e. The number of ether oxygens (including phenoxy) is 1. The number of carbonyl (C=O) groups is 1. The molecule has 2 atom stereocenters. The number of anilines is 1. The van der Waals surface area contributed by atoms with Gasteiger partial charge in [0.2, 0.25) is 0 Å². The van der Waals surface area contributed by atoms with E-state index < -0.39 is 0 Å².